The molecule has 1 aromatic heterocycles. The van der Waals surface area contributed by atoms with Gasteiger partial charge in [0.15, 0.2) is 0 Å². The van der Waals surface area contributed by atoms with Crippen LogP contribution in [-0.4, -0.2) is 42.0 Å². The summed E-state index contributed by atoms with van der Waals surface area (Å²) >= 11 is 0. The molecule has 5 nitrogen and oxygen atoms in total. The van der Waals surface area contributed by atoms with Gasteiger partial charge in [0.25, 0.3) is 5.91 Å². The predicted molar refractivity (Wildman–Crippen MR) is 84.0 cm³/mol. The van der Waals surface area contributed by atoms with E-state index in [1.165, 1.54) is 19.3 Å². The van der Waals surface area contributed by atoms with Crippen LogP contribution in [0.2, 0.25) is 0 Å². The minimum atomic E-state index is -0.0427. The van der Waals surface area contributed by atoms with Gasteiger partial charge in [-0.1, -0.05) is 19.3 Å². The van der Waals surface area contributed by atoms with Crippen molar-refractivity contribution in [1.29, 1.82) is 0 Å². The summed E-state index contributed by atoms with van der Waals surface area (Å²) in [4.78, 5) is 18.7. The van der Waals surface area contributed by atoms with Gasteiger partial charge in [-0.3, -0.25) is 9.78 Å². The Bertz CT molecular complexity index is 481. The van der Waals surface area contributed by atoms with Crippen LogP contribution in [0.5, 0.6) is 0 Å². The van der Waals surface area contributed by atoms with E-state index in [9.17, 15) is 4.79 Å². The molecule has 5 heteroatoms. The third-order valence-corrected chi connectivity index (χ3v) is 4.60. The first-order chi connectivity index (χ1) is 10.1. The maximum absolute atomic E-state index is 12.3. The number of carbonyl (C=O) groups excluding carboxylic acids is 1. The largest absolute Gasteiger partial charge is 0.350 e. The van der Waals surface area contributed by atoms with E-state index in [2.05, 4.69) is 29.3 Å². The van der Waals surface area contributed by atoms with Crippen LogP contribution in [0.15, 0.2) is 18.3 Å². The van der Waals surface area contributed by atoms with Crippen LogP contribution in [0.4, 0.5) is 0 Å². The van der Waals surface area contributed by atoms with Crippen molar-refractivity contribution in [3.8, 4) is 0 Å². The molecule has 0 aliphatic heterocycles. The Hall–Kier alpha value is -1.46. The average molecular weight is 290 g/mol. The third-order valence-electron chi connectivity index (χ3n) is 4.60. The van der Waals surface area contributed by atoms with Gasteiger partial charge in [0.1, 0.15) is 0 Å². The lowest BCUT2D eigenvalue weighted by atomic mass is 9.80. The Morgan fingerprint density at radius 2 is 2.10 bits per heavy atom. The molecule has 2 rings (SSSR count). The molecule has 1 aliphatic rings. The number of rotatable bonds is 5. The summed E-state index contributed by atoms with van der Waals surface area (Å²) in [7, 11) is 4.22. The fourth-order valence-corrected chi connectivity index (χ4v) is 3.07. The molecule has 0 radical (unpaired) electrons. The zero-order valence-corrected chi connectivity index (χ0v) is 13.1. The van der Waals surface area contributed by atoms with E-state index >= 15 is 0 Å². The second kappa shape index (κ2) is 7.00. The van der Waals surface area contributed by atoms with E-state index < -0.39 is 0 Å². The third kappa shape index (κ3) is 3.80. The summed E-state index contributed by atoms with van der Waals surface area (Å²) in [6, 6.07) is 3.50. The van der Waals surface area contributed by atoms with Gasteiger partial charge in [-0.05, 0) is 39.1 Å². The van der Waals surface area contributed by atoms with Gasteiger partial charge in [0.2, 0.25) is 0 Å². The SMILES string of the molecule is CN(C)C1(CNC(=O)c2ccnc(CN)c2)CCCCC1. The molecule has 1 fully saturated rings. The molecule has 1 aromatic rings. The van der Waals surface area contributed by atoms with E-state index in [4.69, 9.17) is 5.73 Å². The number of carbonyl (C=O) groups is 1. The lowest BCUT2D eigenvalue weighted by molar-refractivity contribution is 0.0799. The first-order valence-electron chi connectivity index (χ1n) is 7.68. The molecule has 3 N–H and O–H groups in total. The van der Waals surface area contributed by atoms with Crippen molar-refractivity contribution in [3.05, 3.63) is 29.6 Å². The Morgan fingerprint density at radius 1 is 1.38 bits per heavy atom. The average Bonchev–Trinajstić information content (AvgIpc) is 2.53. The molecule has 0 aromatic carbocycles. The zero-order valence-electron chi connectivity index (χ0n) is 13.1. The smallest absolute Gasteiger partial charge is 0.251 e. The molecule has 0 spiro atoms. The minimum absolute atomic E-state index is 0.0427. The number of amides is 1. The minimum Gasteiger partial charge on any atom is -0.350 e. The second-order valence-corrected chi connectivity index (χ2v) is 6.10. The Morgan fingerprint density at radius 3 is 2.71 bits per heavy atom. The number of hydrogen-bond acceptors (Lipinski definition) is 4. The van der Waals surface area contributed by atoms with E-state index in [-0.39, 0.29) is 11.4 Å². The van der Waals surface area contributed by atoms with E-state index in [0.717, 1.165) is 18.5 Å². The van der Waals surface area contributed by atoms with Crippen molar-refractivity contribution in [2.24, 2.45) is 5.73 Å². The number of nitrogens with zero attached hydrogens (tertiary/aromatic N) is 2. The monoisotopic (exact) mass is 290 g/mol. The summed E-state index contributed by atoms with van der Waals surface area (Å²) in [5.41, 5.74) is 7.04. The first kappa shape index (κ1) is 15.9. The van der Waals surface area contributed by atoms with Crippen LogP contribution in [0.3, 0.4) is 0 Å². The number of nitrogens with two attached hydrogens (primary N) is 1. The van der Waals surface area contributed by atoms with Crippen molar-refractivity contribution < 1.29 is 4.79 Å². The Balaban J connectivity index is 2.01. The van der Waals surface area contributed by atoms with Gasteiger partial charge in [-0.25, -0.2) is 0 Å². The molecular formula is C16H26N4O. The summed E-state index contributed by atoms with van der Waals surface area (Å²) in [5, 5.41) is 3.09. The van der Waals surface area contributed by atoms with Crippen LogP contribution >= 0.6 is 0 Å². The van der Waals surface area contributed by atoms with Crippen molar-refractivity contribution in [2.75, 3.05) is 20.6 Å². The first-order valence-corrected chi connectivity index (χ1v) is 7.68. The second-order valence-electron chi connectivity index (χ2n) is 6.10. The van der Waals surface area contributed by atoms with Gasteiger partial charge in [0.05, 0.1) is 5.69 Å². The predicted octanol–water partition coefficient (Wildman–Crippen LogP) is 1.53. The van der Waals surface area contributed by atoms with Gasteiger partial charge in [-0.15, -0.1) is 0 Å². The van der Waals surface area contributed by atoms with Gasteiger partial charge >= 0.3 is 0 Å². The normalized spacial score (nSPS) is 17.7. The van der Waals surface area contributed by atoms with E-state index in [0.29, 0.717) is 18.7 Å². The van der Waals surface area contributed by atoms with Gasteiger partial charge < -0.3 is 16.0 Å². The highest BCUT2D eigenvalue weighted by atomic mass is 16.1. The van der Waals surface area contributed by atoms with E-state index in [1.807, 2.05) is 0 Å². The van der Waals surface area contributed by atoms with Gasteiger partial charge in [0, 0.05) is 30.4 Å². The molecule has 116 valence electrons. The van der Waals surface area contributed by atoms with E-state index in [1.54, 1.807) is 18.3 Å². The quantitative estimate of drug-likeness (QED) is 0.863. The Kier molecular flexibility index (Phi) is 5.31. The number of likely N-dealkylation sites (N-methyl/N-ethyl adjacent to an activating group) is 1. The van der Waals surface area contributed by atoms with Crippen molar-refractivity contribution in [1.82, 2.24) is 15.2 Å². The lowest BCUT2D eigenvalue weighted by Crippen LogP contribution is -2.53. The summed E-state index contributed by atoms with van der Waals surface area (Å²) in [5.74, 6) is -0.0427. The van der Waals surface area contributed by atoms with Crippen LogP contribution in [0, 0.1) is 0 Å². The highest BCUT2D eigenvalue weighted by Gasteiger charge is 2.34. The molecule has 0 saturated heterocycles. The number of nitrogens with one attached hydrogen (secondary N) is 1. The summed E-state index contributed by atoms with van der Waals surface area (Å²) in [6.07, 6.45) is 7.70. The highest BCUT2D eigenvalue weighted by molar-refractivity contribution is 5.94. The van der Waals surface area contributed by atoms with Crippen molar-refractivity contribution in [2.45, 2.75) is 44.2 Å². The molecule has 21 heavy (non-hydrogen) atoms. The molecule has 1 amide bonds. The molecule has 0 unspecified atom stereocenters. The molecule has 0 atom stereocenters. The lowest BCUT2D eigenvalue weighted by Gasteiger charge is -2.43. The molecule has 1 heterocycles. The number of hydrogen-bond donors (Lipinski definition) is 2. The zero-order chi connectivity index (χ0) is 15.3. The fourth-order valence-electron chi connectivity index (χ4n) is 3.07. The molecule has 0 bridgehead atoms. The standard InChI is InChI=1S/C16H26N4O/c1-20(2)16(7-4-3-5-8-16)12-19-15(21)13-6-9-18-14(10-13)11-17/h6,9-10H,3-5,7-8,11-12,17H2,1-2H3,(H,19,21). The van der Waals surface area contributed by atoms with Crippen LogP contribution < -0.4 is 11.1 Å². The topological polar surface area (TPSA) is 71.2 Å². The van der Waals surface area contributed by atoms with Gasteiger partial charge in [-0.2, -0.15) is 0 Å². The van der Waals surface area contributed by atoms with Crippen LogP contribution in [0.1, 0.15) is 48.2 Å². The number of aromatic nitrogens is 1. The van der Waals surface area contributed by atoms with Crippen LogP contribution in [0.25, 0.3) is 0 Å². The van der Waals surface area contributed by atoms with Crippen LogP contribution in [-0.2, 0) is 6.54 Å². The molecule has 1 aliphatic carbocycles. The summed E-state index contributed by atoms with van der Waals surface area (Å²) in [6.45, 7) is 1.04. The maximum Gasteiger partial charge on any atom is 0.251 e. The highest BCUT2D eigenvalue weighted by Crippen LogP contribution is 2.31. The Labute approximate surface area is 126 Å². The van der Waals surface area contributed by atoms with Crippen molar-refractivity contribution >= 4 is 5.91 Å². The molecular weight excluding hydrogens is 264 g/mol. The molecule has 1 saturated carbocycles. The summed E-state index contributed by atoms with van der Waals surface area (Å²) < 4.78 is 0. The maximum atomic E-state index is 12.3. The number of pyridine rings is 1. The van der Waals surface area contributed by atoms with Crippen molar-refractivity contribution in [3.63, 3.8) is 0 Å². The fraction of sp³-hybridized carbons (Fsp3) is 0.625.